The molecular weight excluding hydrogens is 644 g/mol. The zero-order valence-electron chi connectivity index (χ0n) is 22.1. The molecule has 0 aromatic heterocycles. The summed E-state index contributed by atoms with van der Waals surface area (Å²) in [5.41, 5.74) is -3.00. The summed E-state index contributed by atoms with van der Waals surface area (Å²) in [6.45, 7) is 3.47. The Morgan fingerprint density at radius 1 is 0.610 bits per heavy atom. The minimum Gasteiger partial charge on any atom is -0.456 e. The van der Waals surface area contributed by atoms with Crippen molar-refractivity contribution in [2.45, 2.75) is 108 Å². The fraction of sp³-hybridized carbons (Fsp3) is 0.944. The second-order valence-corrected chi connectivity index (χ2v) is 14.1. The molecule has 0 heterocycles. The predicted molar refractivity (Wildman–Crippen MR) is 135 cm³/mol. The van der Waals surface area contributed by atoms with Gasteiger partial charge < -0.3 is 49.0 Å². The van der Waals surface area contributed by atoms with Crippen molar-refractivity contribution in [3.63, 3.8) is 0 Å². The first kappa shape index (κ1) is 38.9. The number of rotatable bonds is 18. The quantitative estimate of drug-likeness (QED) is 0.0555. The number of phosphoric ester groups is 4. The zero-order valence-corrected chi connectivity index (χ0v) is 25.7. The third-order valence-corrected chi connectivity index (χ3v) is 7.96. The Bertz CT molecular complexity index is 1030. The van der Waals surface area contributed by atoms with Gasteiger partial charge in [0.2, 0.25) is 0 Å². The topological polar surface area (TPSA) is 314 Å². The Morgan fingerprint density at radius 3 is 1.46 bits per heavy atom. The molecule has 9 N–H and O–H groups in total. The van der Waals surface area contributed by atoms with Gasteiger partial charge in [0.1, 0.15) is 30.0 Å². The van der Waals surface area contributed by atoms with Crippen molar-refractivity contribution in [2.24, 2.45) is 0 Å². The highest BCUT2D eigenvalue weighted by atomic mass is 31.2. The van der Waals surface area contributed by atoms with Crippen LogP contribution in [0.5, 0.6) is 0 Å². The second kappa shape index (κ2) is 15.7. The second-order valence-electron chi connectivity index (χ2n) is 9.37. The van der Waals surface area contributed by atoms with Gasteiger partial charge in [-0.3, -0.25) is 22.9 Å². The van der Waals surface area contributed by atoms with E-state index in [2.05, 4.69) is 18.1 Å². The van der Waals surface area contributed by atoms with Gasteiger partial charge in [-0.25, -0.2) is 18.3 Å². The van der Waals surface area contributed by atoms with Crippen LogP contribution < -0.4 is 0 Å². The fourth-order valence-electron chi connectivity index (χ4n) is 4.43. The number of unbranched alkanes of at least 4 members (excludes halogenated alkanes) is 5. The molecule has 0 aromatic carbocycles. The predicted octanol–water partition coefficient (Wildman–Crippen LogP) is 1.11. The van der Waals surface area contributed by atoms with Gasteiger partial charge in [-0.15, -0.1) is 0 Å². The molecule has 0 aliphatic heterocycles. The molecule has 244 valence electrons. The summed E-state index contributed by atoms with van der Waals surface area (Å²) in [4.78, 5) is 88.7. The summed E-state index contributed by atoms with van der Waals surface area (Å²) in [7, 11) is -23.1. The normalized spacial score (nSPS) is 28.0. The van der Waals surface area contributed by atoms with Crippen molar-refractivity contribution in [1.29, 1.82) is 0 Å². The van der Waals surface area contributed by atoms with E-state index >= 15 is 0 Å². The van der Waals surface area contributed by atoms with Gasteiger partial charge in [0.05, 0.1) is 0 Å². The molecule has 1 aliphatic carbocycles. The van der Waals surface area contributed by atoms with Crippen LogP contribution in [0, 0.1) is 0 Å². The first-order chi connectivity index (χ1) is 18.5. The number of ether oxygens (including phenoxy) is 1. The Balaban J connectivity index is 3.92. The van der Waals surface area contributed by atoms with Gasteiger partial charge in [-0.05, 0) is 12.8 Å². The van der Waals surface area contributed by atoms with Crippen LogP contribution in [0.15, 0.2) is 0 Å². The minimum absolute atomic E-state index is 0.0294. The van der Waals surface area contributed by atoms with Gasteiger partial charge >= 0.3 is 37.3 Å². The lowest BCUT2D eigenvalue weighted by molar-refractivity contribution is -0.264. The average molecular weight is 682 g/mol. The number of phosphoric acid groups is 4. The molecule has 1 fully saturated rings. The largest absolute Gasteiger partial charge is 0.470 e. The lowest BCUT2D eigenvalue weighted by Gasteiger charge is -2.53. The molecule has 19 nitrogen and oxygen atoms in total. The van der Waals surface area contributed by atoms with Crippen molar-refractivity contribution in [1.82, 2.24) is 0 Å². The number of carbonyl (C=O) groups excluding carboxylic acids is 1. The number of hydrogen-bond donors (Lipinski definition) is 9. The maximum atomic E-state index is 12.5. The third-order valence-electron chi connectivity index (χ3n) is 5.90. The summed E-state index contributed by atoms with van der Waals surface area (Å²) >= 11 is 0. The van der Waals surface area contributed by atoms with E-state index in [-0.39, 0.29) is 19.3 Å². The highest BCUT2D eigenvalue weighted by Crippen LogP contribution is 2.56. The lowest BCUT2D eigenvalue weighted by atomic mass is 9.72. The number of carbonyl (C=O) groups is 1. The molecule has 0 amide bonds. The summed E-state index contributed by atoms with van der Waals surface area (Å²) in [5.74, 6) is -1.16. The van der Waals surface area contributed by atoms with E-state index in [1.807, 2.05) is 6.92 Å². The van der Waals surface area contributed by atoms with Crippen molar-refractivity contribution in [3.8, 4) is 0 Å². The molecule has 1 aliphatic rings. The molecule has 0 spiro atoms. The average Bonchev–Trinajstić information content (AvgIpc) is 2.76. The van der Waals surface area contributed by atoms with Crippen LogP contribution >= 0.6 is 31.3 Å². The molecule has 6 atom stereocenters. The van der Waals surface area contributed by atoms with Gasteiger partial charge in [0, 0.05) is 6.42 Å². The van der Waals surface area contributed by atoms with Crippen LogP contribution in [-0.2, 0) is 45.9 Å². The monoisotopic (exact) mass is 682 g/mol. The standard InChI is InChI=1S/C18H38O19P4/c1-3-5-6-7-8-9-11-18(20)16(33-12(19)10-4-2)14(35-39(24,25)26)13(34-38(21,22)23)15(36-40(27,28)29)17(18)37-41(30,31)32/h13-17,20H,3-11H2,1-2H3,(H2,21,22,23)(H2,24,25,26)(H2,27,28,29)(H2,30,31,32)/t13-,14-,15+,16-,17-,18-/m0/s1. The smallest absolute Gasteiger partial charge is 0.456 e. The maximum absolute atomic E-state index is 12.5. The van der Waals surface area contributed by atoms with Crippen molar-refractivity contribution in [2.75, 3.05) is 0 Å². The van der Waals surface area contributed by atoms with Gasteiger partial charge in [-0.2, -0.15) is 0 Å². The van der Waals surface area contributed by atoms with Crippen LogP contribution in [-0.4, -0.2) is 86.3 Å². The van der Waals surface area contributed by atoms with Crippen LogP contribution in [0.1, 0.15) is 71.6 Å². The van der Waals surface area contributed by atoms with E-state index in [0.717, 1.165) is 19.3 Å². The molecule has 1 saturated carbocycles. The van der Waals surface area contributed by atoms with Crippen molar-refractivity contribution in [3.05, 3.63) is 0 Å². The van der Waals surface area contributed by atoms with Crippen LogP contribution in [0.25, 0.3) is 0 Å². The summed E-state index contributed by atoms with van der Waals surface area (Å²) in [6, 6.07) is 0. The minimum atomic E-state index is -5.81. The summed E-state index contributed by atoms with van der Waals surface area (Å²) in [5, 5.41) is 11.9. The highest BCUT2D eigenvalue weighted by molar-refractivity contribution is 7.47. The van der Waals surface area contributed by atoms with Crippen molar-refractivity contribution >= 4 is 37.3 Å². The van der Waals surface area contributed by atoms with Crippen LogP contribution in [0.2, 0.25) is 0 Å². The summed E-state index contributed by atoms with van der Waals surface area (Å²) < 4.78 is 70.8. The van der Waals surface area contributed by atoms with E-state index in [0.29, 0.717) is 12.8 Å². The molecule has 0 bridgehead atoms. The lowest BCUT2D eigenvalue weighted by Crippen LogP contribution is -2.73. The van der Waals surface area contributed by atoms with Gasteiger partial charge in [0.25, 0.3) is 0 Å². The van der Waals surface area contributed by atoms with E-state index in [1.165, 1.54) is 6.92 Å². The van der Waals surface area contributed by atoms with Gasteiger partial charge in [0.15, 0.2) is 6.10 Å². The number of aliphatic hydroxyl groups is 1. The first-order valence-electron chi connectivity index (χ1n) is 12.4. The number of hydrogen-bond acceptors (Lipinski definition) is 11. The van der Waals surface area contributed by atoms with E-state index in [1.54, 1.807) is 0 Å². The van der Waals surface area contributed by atoms with Crippen LogP contribution in [0.3, 0.4) is 0 Å². The molecule has 41 heavy (non-hydrogen) atoms. The first-order valence-corrected chi connectivity index (χ1v) is 18.5. The SMILES string of the molecule is CCCCCCCC[C@@]1(O)[C@@H](OP(=O)(O)O)[C@H](OP(=O)(O)O)[C@@H](OP(=O)(O)O)[C@H](OP(=O)(O)O)[C@@H]1OC(=O)CCC. The highest BCUT2D eigenvalue weighted by Gasteiger charge is 2.67. The molecule has 0 radical (unpaired) electrons. The maximum Gasteiger partial charge on any atom is 0.470 e. The Hall–Kier alpha value is -0.130. The zero-order chi connectivity index (χ0) is 31.9. The number of esters is 1. The molecule has 0 saturated heterocycles. The van der Waals surface area contributed by atoms with E-state index in [4.69, 9.17) is 4.74 Å². The van der Waals surface area contributed by atoms with E-state index < -0.39 is 79.8 Å². The fourth-order valence-corrected chi connectivity index (χ4v) is 6.69. The van der Waals surface area contributed by atoms with Gasteiger partial charge in [-0.1, -0.05) is 52.4 Å². The molecule has 0 aromatic rings. The Morgan fingerprint density at radius 2 is 1.02 bits per heavy atom. The molecule has 23 heteroatoms. The molecular formula is C18H38O19P4. The van der Waals surface area contributed by atoms with Crippen molar-refractivity contribution < 1.29 is 90.1 Å². The van der Waals surface area contributed by atoms with Crippen LogP contribution in [0.4, 0.5) is 0 Å². The van der Waals surface area contributed by atoms with E-state index in [9.17, 15) is 67.3 Å². The third kappa shape index (κ3) is 14.0. The Kier molecular flexibility index (Phi) is 14.9. The summed E-state index contributed by atoms with van der Waals surface area (Å²) in [6.07, 6.45) is -10.8. The Labute approximate surface area is 235 Å². The molecule has 1 rings (SSSR count). The molecule has 0 unspecified atom stereocenters.